The summed E-state index contributed by atoms with van der Waals surface area (Å²) in [5.74, 6) is 2.56. The maximum absolute atomic E-state index is 5.04. The summed E-state index contributed by atoms with van der Waals surface area (Å²) in [6.07, 6.45) is 6.86. The van der Waals surface area contributed by atoms with Crippen molar-refractivity contribution in [3.8, 4) is 12.3 Å². The molecule has 1 fully saturated rings. The van der Waals surface area contributed by atoms with Gasteiger partial charge in [0.1, 0.15) is 0 Å². The lowest BCUT2D eigenvalue weighted by molar-refractivity contribution is 1.21. The summed E-state index contributed by atoms with van der Waals surface area (Å²) in [5.41, 5.74) is 0. The number of rotatable bonds is 1. The number of hydrogen-bond donors (Lipinski definition) is 1. The molecule has 0 bridgehead atoms. The van der Waals surface area contributed by atoms with Gasteiger partial charge in [-0.05, 0) is 0 Å². The summed E-state index contributed by atoms with van der Waals surface area (Å²) in [5, 5.41) is 3.01. The fraction of sp³-hybridized carbons (Fsp3) is 0.333. The number of hydrogen-bond acceptors (Lipinski definition) is 1. The monoisotopic (exact) mass is 93.1 g/mol. The number of nitrogens with one attached hydrogen (secondary N) is 1. The van der Waals surface area contributed by atoms with Crippen LogP contribution in [0.2, 0.25) is 0 Å². The predicted molar refractivity (Wildman–Crippen MR) is 29.7 cm³/mol. The zero-order valence-corrected chi connectivity index (χ0v) is 4.02. The maximum atomic E-state index is 5.04. The van der Waals surface area contributed by atoms with Gasteiger partial charge in [-0.1, -0.05) is 12.0 Å². The van der Waals surface area contributed by atoms with Crippen molar-refractivity contribution in [2.75, 3.05) is 0 Å². The minimum Gasteiger partial charge on any atom is -0.293 e. The van der Waals surface area contributed by atoms with Crippen LogP contribution in [0.5, 0.6) is 0 Å². The summed E-state index contributed by atoms with van der Waals surface area (Å²) in [6.45, 7) is 3.56. The van der Waals surface area contributed by atoms with E-state index in [4.69, 9.17) is 6.42 Å². The molecule has 2 unspecified atom stereocenters. The molecule has 1 heteroatoms. The first kappa shape index (κ1) is 4.42. The van der Waals surface area contributed by atoms with E-state index in [0.29, 0.717) is 6.04 Å². The molecule has 1 saturated heterocycles. The zero-order chi connectivity index (χ0) is 5.28. The molecule has 7 heavy (non-hydrogen) atoms. The van der Waals surface area contributed by atoms with E-state index in [9.17, 15) is 0 Å². The fourth-order valence-corrected chi connectivity index (χ4v) is 0.508. The van der Waals surface area contributed by atoms with Crippen molar-refractivity contribution in [2.45, 2.75) is 12.1 Å². The summed E-state index contributed by atoms with van der Waals surface area (Å²) in [4.78, 5) is 0. The summed E-state index contributed by atoms with van der Waals surface area (Å²) in [7, 11) is 0. The van der Waals surface area contributed by atoms with E-state index >= 15 is 0 Å². The van der Waals surface area contributed by atoms with Crippen molar-refractivity contribution >= 4 is 0 Å². The van der Waals surface area contributed by atoms with Gasteiger partial charge in [0.25, 0.3) is 0 Å². The molecule has 2 atom stereocenters. The van der Waals surface area contributed by atoms with Gasteiger partial charge >= 0.3 is 0 Å². The van der Waals surface area contributed by atoms with Crippen LogP contribution in [0.25, 0.3) is 0 Å². The largest absolute Gasteiger partial charge is 0.293 e. The molecule has 0 spiro atoms. The third-order valence-electron chi connectivity index (χ3n) is 1.06. The average molecular weight is 93.1 g/mol. The van der Waals surface area contributed by atoms with E-state index in [1.165, 1.54) is 0 Å². The smallest absolute Gasteiger partial charge is 0.0884 e. The predicted octanol–water partition coefficient (Wildman–Crippen LogP) is 0.146. The molecule has 0 aromatic rings. The molecule has 1 rings (SSSR count). The van der Waals surface area contributed by atoms with Crippen LogP contribution in [0.1, 0.15) is 0 Å². The molecule has 0 aliphatic carbocycles. The topological polar surface area (TPSA) is 21.9 Å². The Labute approximate surface area is 43.4 Å². The Balaban J connectivity index is 2.34. The molecule has 1 aliphatic rings. The summed E-state index contributed by atoms with van der Waals surface area (Å²) < 4.78 is 0. The Hall–Kier alpha value is -0.740. The second-order valence-corrected chi connectivity index (χ2v) is 1.57. The minimum atomic E-state index is 0.275. The lowest BCUT2D eigenvalue weighted by Crippen LogP contribution is -1.81. The van der Waals surface area contributed by atoms with Crippen molar-refractivity contribution < 1.29 is 0 Å². The van der Waals surface area contributed by atoms with Crippen molar-refractivity contribution in [2.24, 2.45) is 0 Å². The second kappa shape index (κ2) is 1.40. The van der Waals surface area contributed by atoms with Crippen LogP contribution >= 0.6 is 0 Å². The van der Waals surface area contributed by atoms with Crippen LogP contribution in [-0.2, 0) is 0 Å². The van der Waals surface area contributed by atoms with Gasteiger partial charge in [0, 0.05) is 0 Å². The van der Waals surface area contributed by atoms with Crippen molar-refractivity contribution in [3.63, 3.8) is 0 Å². The molecule has 1 N–H and O–H groups in total. The summed E-state index contributed by atoms with van der Waals surface area (Å²) >= 11 is 0. The normalized spacial score (nSPS) is 36.4. The summed E-state index contributed by atoms with van der Waals surface area (Å²) in [6, 6.07) is 0.669. The molecular weight excluding hydrogens is 86.1 g/mol. The van der Waals surface area contributed by atoms with Gasteiger partial charge in [-0.3, -0.25) is 5.32 Å². The van der Waals surface area contributed by atoms with E-state index < -0.39 is 0 Å². The fourth-order valence-electron chi connectivity index (χ4n) is 0.508. The lowest BCUT2D eigenvalue weighted by Gasteiger charge is -1.68. The van der Waals surface area contributed by atoms with E-state index in [2.05, 4.69) is 17.8 Å². The van der Waals surface area contributed by atoms with Gasteiger partial charge in [-0.25, -0.2) is 0 Å². The van der Waals surface area contributed by atoms with Gasteiger partial charge in [0.15, 0.2) is 0 Å². The molecule has 0 aromatic heterocycles. The molecule has 1 nitrogen and oxygen atoms in total. The Morgan fingerprint density at radius 3 is 2.71 bits per heavy atom. The van der Waals surface area contributed by atoms with Crippen molar-refractivity contribution in [1.82, 2.24) is 5.32 Å². The van der Waals surface area contributed by atoms with Gasteiger partial charge in [0.05, 0.1) is 12.1 Å². The Morgan fingerprint density at radius 1 is 1.86 bits per heavy atom. The average Bonchev–Trinajstić information content (AvgIpc) is 2.43. The number of terminal acetylenes is 1. The lowest BCUT2D eigenvalue weighted by atomic mass is 10.3. The SMILES string of the molecule is C#CC1NC1C=C. The minimum absolute atomic E-state index is 0.275. The van der Waals surface area contributed by atoms with E-state index in [-0.39, 0.29) is 6.04 Å². The van der Waals surface area contributed by atoms with Crippen LogP contribution in [0, 0.1) is 12.3 Å². The third-order valence-corrected chi connectivity index (χ3v) is 1.06. The van der Waals surface area contributed by atoms with Crippen LogP contribution in [0.3, 0.4) is 0 Å². The molecule has 0 saturated carbocycles. The third kappa shape index (κ3) is 0.652. The van der Waals surface area contributed by atoms with E-state index in [0.717, 1.165) is 0 Å². The Morgan fingerprint density at radius 2 is 2.57 bits per heavy atom. The van der Waals surface area contributed by atoms with Gasteiger partial charge in [0.2, 0.25) is 0 Å². The first-order valence-corrected chi connectivity index (χ1v) is 2.23. The van der Waals surface area contributed by atoms with Crippen molar-refractivity contribution in [3.05, 3.63) is 12.7 Å². The van der Waals surface area contributed by atoms with Gasteiger partial charge in [-0.2, -0.15) is 0 Å². The molecule has 36 valence electrons. The van der Waals surface area contributed by atoms with Crippen LogP contribution in [0.4, 0.5) is 0 Å². The van der Waals surface area contributed by atoms with Gasteiger partial charge < -0.3 is 0 Å². The first-order chi connectivity index (χ1) is 3.38. The van der Waals surface area contributed by atoms with Crippen molar-refractivity contribution in [1.29, 1.82) is 0 Å². The second-order valence-electron chi connectivity index (χ2n) is 1.57. The molecule has 1 aliphatic heterocycles. The van der Waals surface area contributed by atoms with E-state index in [1.54, 1.807) is 0 Å². The quantitative estimate of drug-likeness (QED) is 0.278. The van der Waals surface area contributed by atoms with E-state index in [1.807, 2.05) is 6.08 Å². The molecule has 1 heterocycles. The molecule has 0 amide bonds. The standard InChI is InChI=1S/C6H7N/c1-3-5-6(4-2)7-5/h1,4-7H,2H2. The highest BCUT2D eigenvalue weighted by Gasteiger charge is 2.30. The molecular formula is C6H7N. The highest BCUT2D eigenvalue weighted by Crippen LogP contribution is 2.08. The Kier molecular flexibility index (Phi) is 0.883. The molecule has 0 aromatic carbocycles. The zero-order valence-electron chi connectivity index (χ0n) is 4.02. The van der Waals surface area contributed by atoms with Crippen LogP contribution < -0.4 is 5.32 Å². The Bertz CT molecular complexity index is 121. The maximum Gasteiger partial charge on any atom is 0.0884 e. The van der Waals surface area contributed by atoms with Gasteiger partial charge in [-0.15, -0.1) is 13.0 Å². The van der Waals surface area contributed by atoms with Crippen LogP contribution in [0.15, 0.2) is 12.7 Å². The first-order valence-electron chi connectivity index (χ1n) is 2.23. The highest BCUT2D eigenvalue weighted by molar-refractivity contribution is 5.22. The van der Waals surface area contributed by atoms with Crippen LogP contribution in [-0.4, -0.2) is 12.1 Å². The molecule has 0 radical (unpaired) electrons. The highest BCUT2D eigenvalue weighted by atomic mass is 15.1.